The number of nitrogens with zero attached hydrogens (tertiary/aromatic N) is 4. The zero-order valence-corrected chi connectivity index (χ0v) is 23.4. The Morgan fingerprint density at radius 3 is 1.77 bits per heavy atom. The summed E-state index contributed by atoms with van der Waals surface area (Å²) in [7, 11) is 0. The molecule has 0 amide bonds. The second kappa shape index (κ2) is 9.48. The van der Waals surface area contributed by atoms with Gasteiger partial charge in [0.05, 0.1) is 50.6 Å². The van der Waals surface area contributed by atoms with Gasteiger partial charge in [-0.25, -0.2) is 0 Å². The van der Waals surface area contributed by atoms with Crippen molar-refractivity contribution in [1.29, 1.82) is 10.5 Å². The van der Waals surface area contributed by atoms with Gasteiger partial charge in [0, 0.05) is 27.1 Å². The van der Waals surface area contributed by atoms with Crippen molar-refractivity contribution < 1.29 is 0 Å². The second-order valence-corrected chi connectivity index (χ2v) is 10.9. The van der Waals surface area contributed by atoms with E-state index in [1.54, 1.807) is 0 Å². The first-order valence-electron chi connectivity index (χ1n) is 14.2. The Hall–Kier alpha value is -6.10. The van der Waals surface area contributed by atoms with E-state index < -0.39 is 0 Å². The summed E-state index contributed by atoms with van der Waals surface area (Å²) >= 11 is 0. The fourth-order valence-corrected chi connectivity index (χ4v) is 6.63. The monoisotopic (exact) mass is 548 g/mol. The van der Waals surface area contributed by atoms with Crippen LogP contribution >= 0.6 is 0 Å². The number of para-hydroxylation sites is 4. The smallest absolute Gasteiger partial charge is 0.101 e. The van der Waals surface area contributed by atoms with Gasteiger partial charge in [-0.3, -0.25) is 0 Å². The second-order valence-electron chi connectivity index (χ2n) is 10.9. The molecule has 4 heteroatoms. The molecule has 0 N–H and O–H groups in total. The van der Waals surface area contributed by atoms with Crippen LogP contribution in [0.5, 0.6) is 0 Å². The van der Waals surface area contributed by atoms with Crippen LogP contribution in [0, 0.1) is 29.6 Å². The largest absolute Gasteiger partial charge is 0.308 e. The van der Waals surface area contributed by atoms with Gasteiger partial charge >= 0.3 is 0 Å². The van der Waals surface area contributed by atoms with E-state index in [-0.39, 0.29) is 0 Å². The SMILES string of the molecule is Cc1cccc(-c2ccc(C#N)c(-n3c4ccccc4c4ccccc43)c2)c1-n1c2ccccc2c2cc(C#N)ccc21. The highest BCUT2D eigenvalue weighted by molar-refractivity contribution is 6.11. The number of aromatic nitrogens is 2. The Morgan fingerprint density at radius 2 is 1.12 bits per heavy atom. The van der Waals surface area contributed by atoms with Gasteiger partial charge in [0.15, 0.2) is 0 Å². The van der Waals surface area contributed by atoms with Crippen molar-refractivity contribution in [3.05, 3.63) is 144 Å². The van der Waals surface area contributed by atoms with Crippen LogP contribution in [-0.4, -0.2) is 9.13 Å². The molecule has 6 aromatic carbocycles. The molecular weight excluding hydrogens is 524 g/mol. The Kier molecular flexibility index (Phi) is 5.44. The van der Waals surface area contributed by atoms with Gasteiger partial charge in [0.2, 0.25) is 0 Å². The van der Waals surface area contributed by atoms with Crippen LogP contribution < -0.4 is 0 Å². The van der Waals surface area contributed by atoms with Crippen molar-refractivity contribution in [3.8, 4) is 34.6 Å². The van der Waals surface area contributed by atoms with Gasteiger partial charge in [-0.15, -0.1) is 0 Å². The van der Waals surface area contributed by atoms with Crippen LogP contribution in [0.1, 0.15) is 16.7 Å². The van der Waals surface area contributed by atoms with Crippen LogP contribution in [0.15, 0.2) is 127 Å². The highest BCUT2D eigenvalue weighted by Crippen LogP contribution is 2.40. The third-order valence-electron chi connectivity index (χ3n) is 8.51. The minimum absolute atomic E-state index is 0.616. The molecule has 0 aliphatic heterocycles. The number of nitriles is 2. The van der Waals surface area contributed by atoms with Crippen LogP contribution in [0.25, 0.3) is 66.1 Å². The Bertz CT molecular complexity index is 2440. The number of hydrogen-bond acceptors (Lipinski definition) is 2. The predicted octanol–water partition coefficient (Wildman–Crippen LogP) is 9.60. The Morgan fingerprint density at radius 1 is 0.512 bits per heavy atom. The lowest BCUT2D eigenvalue weighted by Crippen LogP contribution is -2.02. The standard InChI is InChI=1S/C39H24N4/c1-25-9-8-13-29(39(25)43-36-16-7-4-12-32(36)33-21-26(23-40)17-20-37(33)43)27-18-19-28(24-41)38(22-27)42-34-14-5-2-10-30(34)31-11-3-6-15-35(31)42/h2-22H,1H3. The number of rotatable bonds is 3. The zero-order chi connectivity index (χ0) is 29.1. The first-order valence-corrected chi connectivity index (χ1v) is 14.2. The normalized spacial score (nSPS) is 11.3. The van der Waals surface area contributed by atoms with Crippen molar-refractivity contribution in [1.82, 2.24) is 9.13 Å². The number of fused-ring (bicyclic) bond motifs is 6. The molecule has 0 spiro atoms. The maximum atomic E-state index is 10.3. The van der Waals surface area contributed by atoms with Crippen molar-refractivity contribution in [2.24, 2.45) is 0 Å². The Labute approximate surface area is 248 Å². The third-order valence-corrected chi connectivity index (χ3v) is 8.51. The minimum atomic E-state index is 0.616. The summed E-state index contributed by atoms with van der Waals surface area (Å²) in [6.07, 6.45) is 0. The summed E-state index contributed by atoms with van der Waals surface area (Å²) in [6.45, 7) is 2.14. The fraction of sp³-hybridized carbons (Fsp3) is 0.0256. The topological polar surface area (TPSA) is 57.4 Å². The average molecular weight is 549 g/mol. The highest BCUT2D eigenvalue weighted by Gasteiger charge is 2.20. The molecule has 0 bridgehead atoms. The highest BCUT2D eigenvalue weighted by atomic mass is 15.0. The molecule has 2 heterocycles. The molecule has 0 aliphatic carbocycles. The van der Waals surface area contributed by atoms with Crippen molar-refractivity contribution >= 4 is 43.6 Å². The fourth-order valence-electron chi connectivity index (χ4n) is 6.63. The first kappa shape index (κ1) is 24.7. The molecule has 8 rings (SSSR count). The van der Waals surface area contributed by atoms with Crippen molar-refractivity contribution in [3.63, 3.8) is 0 Å². The van der Waals surface area contributed by atoms with E-state index in [4.69, 9.17) is 0 Å². The van der Waals surface area contributed by atoms with Gasteiger partial charge < -0.3 is 9.13 Å². The number of benzene rings is 6. The molecule has 4 nitrogen and oxygen atoms in total. The van der Waals surface area contributed by atoms with Crippen LogP contribution in [0.3, 0.4) is 0 Å². The summed E-state index contributed by atoms with van der Waals surface area (Å²) in [5, 5.41) is 24.4. The summed E-state index contributed by atoms with van der Waals surface area (Å²) in [5.74, 6) is 0. The van der Waals surface area contributed by atoms with E-state index in [2.05, 4.69) is 113 Å². The lowest BCUT2D eigenvalue weighted by atomic mass is 9.98. The molecule has 8 aromatic rings. The van der Waals surface area contributed by atoms with Gasteiger partial charge in [0.1, 0.15) is 6.07 Å². The summed E-state index contributed by atoms with van der Waals surface area (Å²) in [6, 6.07) is 48.3. The van der Waals surface area contributed by atoms with E-state index in [0.717, 1.165) is 71.7 Å². The summed E-state index contributed by atoms with van der Waals surface area (Å²) < 4.78 is 4.53. The third kappa shape index (κ3) is 3.61. The van der Waals surface area contributed by atoms with Crippen molar-refractivity contribution in [2.45, 2.75) is 6.92 Å². The van der Waals surface area contributed by atoms with Gasteiger partial charge in [-0.2, -0.15) is 10.5 Å². The molecule has 200 valence electrons. The number of aryl methyl sites for hydroxylation is 1. The molecule has 0 saturated carbocycles. The molecule has 2 aromatic heterocycles. The Balaban J connectivity index is 1.44. The van der Waals surface area contributed by atoms with E-state index in [9.17, 15) is 10.5 Å². The van der Waals surface area contributed by atoms with E-state index in [1.807, 2.05) is 42.5 Å². The quantitative estimate of drug-likeness (QED) is 0.221. The molecule has 0 fully saturated rings. The minimum Gasteiger partial charge on any atom is -0.308 e. The molecule has 0 aliphatic rings. The predicted molar refractivity (Wildman–Crippen MR) is 175 cm³/mol. The summed E-state index contributed by atoms with van der Waals surface area (Å²) in [5.41, 5.74) is 10.7. The molecule has 43 heavy (non-hydrogen) atoms. The summed E-state index contributed by atoms with van der Waals surface area (Å²) in [4.78, 5) is 0. The number of hydrogen-bond donors (Lipinski definition) is 0. The average Bonchev–Trinajstić information content (AvgIpc) is 3.57. The van der Waals surface area contributed by atoms with E-state index >= 15 is 0 Å². The molecular formula is C39H24N4. The van der Waals surface area contributed by atoms with Gasteiger partial charge in [0.25, 0.3) is 0 Å². The van der Waals surface area contributed by atoms with Gasteiger partial charge in [-0.1, -0.05) is 78.9 Å². The molecule has 0 saturated heterocycles. The maximum Gasteiger partial charge on any atom is 0.101 e. The van der Waals surface area contributed by atoms with Crippen LogP contribution in [0.4, 0.5) is 0 Å². The molecule has 0 unspecified atom stereocenters. The molecule has 0 radical (unpaired) electrons. The van der Waals surface area contributed by atoms with E-state index in [0.29, 0.717) is 11.1 Å². The van der Waals surface area contributed by atoms with Crippen LogP contribution in [0.2, 0.25) is 0 Å². The zero-order valence-electron chi connectivity index (χ0n) is 23.4. The lowest BCUT2D eigenvalue weighted by Gasteiger charge is -2.18. The maximum absolute atomic E-state index is 10.3. The van der Waals surface area contributed by atoms with Gasteiger partial charge in [-0.05, 0) is 66.6 Å². The molecule has 0 atom stereocenters. The van der Waals surface area contributed by atoms with Crippen molar-refractivity contribution in [2.75, 3.05) is 0 Å². The lowest BCUT2D eigenvalue weighted by molar-refractivity contribution is 1.14. The first-order chi connectivity index (χ1) is 21.2. The van der Waals surface area contributed by atoms with Crippen LogP contribution in [-0.2, 0) is 0 Å². The van der Waals surface area contributed by atoms with E-state index in [1.165, 1.54) is 0 Å².